The summed E-state index contributed by atoms with van der Waals surface area (Å²) in [5, 5.41) is 14.7. The monoisotopic (exact) mass is 268 g/mol. The van der Waals surface area contributed by atoms with Crippen LogP contribution < -0.4 is 10.2 Å². The molecular formula is C16H16N2O2. The van der Waals surface area contributed by atoms with Crippen molar-refractivity contribution in [1.82, 2.24) is 5.43 Å². The minimum atomic E-state index is -0.661. The third-order valence-corrected chi connectivity index (χ3v) is 3.46. The molecule has 2 atom stereocenters. The molecule has 2 unspecified atom stereocenters. The second-order valence-electron chi connectivity index (χ2n) is 4.69. The molecule has 0 spiro atoms. The minimum Gasteiger partial charge on any atom is -0.497 e. The number of nitrogens with zero attached hydrogens (tertiary/aromatic N) is 1. The molecule has 1 aliphatic heterocycles. The Balaban J connectivity index is 1.82. The Morgan fingerprint density at radius 1 is 1.05 bits per heavy atom. The number of aliphatic hydroxyl groups excluding tert-OH is 1. The number of benzene rings is 2. The molecule has 1 aliphatic rings. The van der Waals surface area contributed by atoms with Crippen molar-refractivity contribution in [1.29, 1.82) is 0 Å². The number of ether oxygens (including phenoxy) is 1. The first-order valence-corrected chi connectivity index (χ1v) is 6.50. The van der Waals surface area contributed by atoms with Gasteiger partial charge in [0.1, 0.15) is 17.9 Å². The first-order chi connectivity index (χ1) is 9.79. The lowest BCUT2D eigenvalue weighted by Gasteiger charge is -2.16. The summed E-state index contributed by atoms with van der Waals surface area (Å²) in [6.07, 6.45) is -0.661. The lowest BCUT2D eigenvalue weighted by Crippen LogP contribution is -2.27. The normalized spacial score (nSPS) is 21.2. The van der Waals surface area contributed by atoms with Gasteiger partial charge in [0.05, 0.1) is 12.8 Å². The summed E-state index contributed by atoms with van der Waals surface area (Å²) in [4.78, 5) is 0. The molecule has 0 aromatic heterocycles. The highest BCUT2D eigenvalue weighted by molar-refractivity contribution is 6.05. The SMILES string of the molecule is COc1ccc(C2=NNC(c3ccccc3)C2O)cc1. The summed E-state index contributed by atoms with van der Waals surface area (Å²) < 4.78 is 5.13. The van der Waals surface area contributed by atoms with Crippen LogP contribution in [-0.4, -0.2) is 24.0 Å². The second kappa shape index (κ2) is 5.35. The molecule has 0 radical (unpaired) electrons. The summed E-state index contributed by atoms with van der Waals surface area (Å²) in [5.41, 5.74) is 5.57. The van der Waals surface area contributed by atoms with Crippen molar-refractivity contribution < 1.29 is 9.84 Å². The van der Waals surface area contributed by atoms with Gasteiger partial charge in [0, 0.05) is 5.56 Å². The highest BCUT2D eigenvalue weighted by atomic mass is 16.5. The zero-order valence-electron chi connectivity index (χ0n) is 11.2. The summed E-state index contributed by atoms with van der Waals surface area (Å²) in [7, 11) is 1.63. The van der Waals surface area contributed by atoms with Gasteiger partial charge < -0.3 is 9.84 Å². The molecule has 1 heterocycles. The van der Waals surface area contributed by atoms with E-state index in [2.05, 4.69) is 10.5 Å². The molecule has 2 aromatic rings. The van der Waals surface area contributed by atoms with Crippen molar-refractivity contribution in [2.24, 2.45) is 5.10 Å². The molecule has 0 aliphatic carbocycles. The number of hydrogen-bond acceptors (Lipinski definition) is 4. The maximum absolute atomic E-state index is 10.5. The van der Waals surface area contributed by atoms with Crippen molar-refractivity contribution in [3.05, 3.63) is 65.7 Å². The smallest absolute Gasteiger partial charge is 0.124 e. The third-order valence-electron chi connectivity index (χ3n) is 3.46. The average molecular weight is 268 g/mol. The first-order valence-electron chi connectivity index (χ1n) is 6.50. The predicted octanol–water partition coefficient (Wildman–Crippen LogP) is 2.10. The number of aliphatic hydroxyl groups is 1. The van der Waals surface area contributed by atoms with Crippen LogP contribution in [0.25, 0.3) is 0 Å². The zero-order chi connectivity index (χ0) is 13.9. The third kappa shape index (κ3) is 2.26. The van der Waals surface area contributed by atoms with Crippen molar-refractivity contribution in [2.75, 3.05) is 7.11 Å². The number of nitrogens with one attached hydrogen (secondary N) is 1. The van der Waals surface area contributed by atoms with Gasteiger partial charge in [0.15, 0.2) is 0 Å². The summed E-state index contributed by atoms with van der Waals surface area (Å²) in [6.45, 7) is 0. The molecule has 2 aromatic carbocycles. The van der Waals surface area contributed by atoms with Crippen molar-refractivity contribution in [3.63, 3.8) is 0 Å². The zero-order valence-corrected chi connectivity index (χ0v) is 11.2. The van der Waals surface area contributed by atoms with Crippen LogP contribution in [0.2, 0.25) is 0 Å². The number of hydrogen-bond donors (Lipinski definition) is 2. The largest absolute Gasteiger partial charge is 0.497 e. The van der Waals surface area contributed by atoms with Crippen LogP contribution in [0.1, 0.15) is 17.2 Å². The highest BCUT2D eigenvalue weighted by Crippen LogP contribution is 2.25. The van der Waals surface area contributed by atoms with E-state index < -0.39 is 6.10 Å². The fourth-order valence-electron chi connectivity index (χ4n) is 2.35. The average Bonchev–Trinajstić information content (AvgIpc) is 2.90. The van der Waals surface area contributed by atoms with Gasteiger partial charge in [-0.3, -0.25) is 5.43 Å². The van der Waals surface area contributed by atoms with E-state index in [1.807, 2.05) is 54.6 Å². The highest BCUT2D eigenvalue weighted by Gasteiger charge is 2.31. The van der Waals surface area contributed by atoms with Gasteiger partial charge >= 0.3 is 0 Å². The fraction of sp³-hybridized carbons (Fsp3) is 0.188. The van der Waals surface area contributed by atoms with Gasteiger partial charge in [-0.05, 0) is 29.8 Å². The van der Waals surface area contributed by atoms with Crippen LogP contribution in [0.3, 0.4) is 0 Å². The first kappa shape index (κ1) is 12.7. The number of hydrazone groups is 1. The predicted molar refractivity (Wildman–Crippen MR) is 77.9 cm³/mol. The Morgan fingerprint density at radius 2 is 1.75 bits per heavy atom. The van der Waals surface area contributed by atoms with E-state index >= 15 is 0 Å². The molecule has 4 heteroatoms. The Hall–Kier alpha value is -2.33. The maximum Gasteiger partial charge on any atom is 0.124 e. The van der Waals surface area contributed by atoms with Gasteiger partial charge in [-0.25, -0.2) is 0 Å². The Morgan fingerprint density at radius 3 is 2.40 bits per heavy atom. The van der Waals surface area contributed by atoms with Crippen LogP contribution in [0.15, 0.2) is 59.7 Å². The second-order valence-corrected chi connectivity index (χ2v) is 4.69. The molecule has 102 valence electrons. The van der Waals surface area contributed by atoms with Crippen molar-refractivity contribution in [2.45, 2.75) is 12.1 Å². The summed E-state index contributed by atoms with van der Waals surface area (Å²) in [5.74, 6) is 0.786. The van der Waals surface area contributed by atoms with Crippen molar-refractivity contribution in [3.8, 4) is 5.75 Å². The number of rotatable bonds is 3. The van der Waals surface area contributed by atoms with E-state index in [9.17, 15) is 5.11 Å². The van der Waals surface area contributed by atoms with E-state index in [4.69, 9.17) is 4.74 Å². The van der Waals surface area contributed by atoms with Gasteiger partial charge in [-0.1, -0.05) is 30.3 Å². The molecule has 0 saturated carbocycles. The van der Waals surface area contributed by atoms with E-state index in [0.717, 1.165) is 16.9 Å². The molecular weight excluding hydrogens is 252 g/mol. The van der Waals surface area contributed by atoms with Crippen LogP contribution in [0.5, 0.6) is 5.75 Å². The van der Waals surface area contributed by atoms with E-state index in [1.165, 1.54) is 0 Å². The van der Waals surface area contributed by atoms with Gasteiger partial charge in [-0.2, -0.15) is 5.10 Å². The lowest BCUT2D eigenvalue weighted by molar-refractivity contribution is 0.207. The van der Waals surface area contributed by atoms with E-state index in [0.29, 0.717) is 5.71 Å². The quantitative estimate of drug-likeness (QED) is 0.896. The Kier molecular flexibility index (Phi) is 3.39. The number of methoxy groups -OCH3 is 1. The topological polar surface area (TPSA) is 53.8 Å². The molecule has 3 rings (SSSR count). The van der Waals surface area contributed by atoms with Gasteiger partial charge in [-0.15, -0.1) is 0 Å². The van der Waals surface area contributed by atoms with E-state index in [1.54, 1.807) is 7.11 Å². The lowest BCUT2D eigenvalue weighted by atomic mass is 9.96. The fourth-order valence-corrected chi connectivity index (χ4v) is 2.35. The molecule has 0 amide bonds. The van der Waals surface area contributed by atoms with Crippen LogP contribution in [0.4, 0.5) is 0 Å². The summed E-state index contributed by atoms with van der Waals surface area (Å²) >= 11 is 0. The molecule has 0 fully saturated rings. The van der Waals surface area contributed by atoms with Gasteiger partial charge in [0.2, 0.25) is 0 Å². The maximum atomic E-state index is 10.5. The van der Waals surface area contributed by atoms with Crippen molar-refractivity contribution >= 4 is 5.71 Å². The van der Waals surface area contributed by atoms with Crippen LogP contribution in [-0.2, 0) is 0 Å². The molecule has 0 saturated heterocycles. The standard InChI is InChI=1S/C16H16N2O2/c1-20-13-9-7-12(8-10-13)15-16(19)14(17-18-15)11-5-3-2-4-6-11/h2-10,14,16-17,19H,1H3. The van der Waals surface area contributed by atoms with Crippen LogP contribution >= 0.6 is 0 Å². The molecule has 20 heavy (non-hydrogen) atoms. The van der Waals surface area contributed by atoms with Gasteiger partial charge in [0.25, 0.3) is 0 Å². The van der Waals surface area contributed by atoms with Crippen LogP contribution in [0, 0.1) is 0 Å². The van der Waals surface area contributed by atoms with E-state index in [-0.39, 0.29) is 6.04 Å². The molecule has 0 bridgehead atoms. The Labute approximate surface area is 117 Å². The minimum absolute atomic E-state index is 0.201. The Bertz CT molecular complexity index is 608. The molecule has 4 nitrogen and oxygen atoms in total. The molecule has 2 N–H and O–H groups in total. The summed E-state index contributed by atoms with van der Waals surface area (Å²) in [6, 6.07) is 17.1.